The zero-order valence-corrected chi connectivity index (χ0v) is 45.4. The lowest BCUT2D eigenvalue weighted by atomic mass is 9.77. The maximum atomic E-state index is 14.3. The molecule has 0 unspecified atom stereocenters. The number of rotatable bonds is 28. The van der Waals surface area contributed by atoms with Gasteiger partial charge in [0.1, 0.15) is 65.8 Å². The molecule has 28 nitrogen and oxygen atoms in total. The highest BCUT2D eigenvalue weighted by Crippen LogP contribution is 2.57. The summed E-state index contributed by atoms with van der Waals surface area (Å²) < 4.78 is 12.2. The molecule has 438 valence electrons. The van der Waals surface area contributed by atoms with Crippen LogP contribution in [0.2, 0.25) is 0 Å². The van der Waals surface area contributed by atoms with Crippen LogP contribution in [0.4, 0.5) is 0 Å². The van der Waals surface area contributed by atoms with E-state index >= 15 is 0 Å². The number of carboxylic acids is 1. The molecule has 6 atom stereocenters. The van der Waals surface area contributed by atoms with Crippen LogP contribution in [0.1, 0.15) is 111 Å². The third-order valence-electron chi connectivity index (χ3n) is 12.8. The van der Waals surface area contributed by atoms with Gasteiger partial charge in [0.25, 0.3) is 5.91 Å². The van der Waals surface area contributed by atoms with Gasteiger partial charge in [0.2, 0.25) is 35.4 Å². The Bertz CT molecular complexity index is 2870. The Balaban J connectivity index is 1.35. The molecular formula is C53H71N13O15. The van der Waals surface area contributed by atoms with Gasteiger partial charge in [0.05, 0.1) is 12.2 Å². The summed E-state index contributed by atoms with van der Waals surface area (Å²) in [5, 5.41) is 57.1. The van der Waals surface area contributed by atoms with Crippen molar-refractivity contribution >= 4 is 65.2 Å². The number of aliphatic hydroxyl groups is 1. The molecule has 2 aliphatic rings. The highest BCUT2D eigenvalue weighted by molar-refractivity contribution is 6.03. The van der Waals surface area contributed by atoms with Crippen molar-refractivity contribution in [3.63, 3.8) is 0 Å². The molecule has 0 aliphatic carbocycles. The Labute approximate surface area is 465 Å². The minimum Gasteiger partial charge on any atom is -0.508 e. The molecular weight excluding hydrogens is 1060 g/mol. The molecule has 7 amide bonds. The lowest BCUT2D eigenvalue weighted by molar-refractivity contribution is -0.138. The second-order valence-electron chi connectivity index (χ2n) is 20.2. The number of nitrogens with one attached hydrogen (secondary N) is 7. The Hall–Kier alpha value is -9.21. The fourth-order valence-corrected chi connectivity index (χ4v) is 9.01. The number of ether oxygens (including phenoxy) is 2. The average molecular weight is 1130 g/mol. The van der Waals surface area contributed by atoms with Crippen LogP contribution in [0.25, 0.3) is 0 Å². The number of nitrogens with two attached hydrogens (primary N) is 4. The normalized spacial score (nSPS) is 14.8. The number of phenols is 2. The number of aliphatic imine (C=N–C) groups is 2. The molecule has 5 rings (SSSR count). The number of esters is 1. The van der Waals surface area contributed by atoms with Crippen LogP contribution in [-0.2, 0) is 43.9 Å². The summed E-state index contributed by atoms with van der Waals surface area (Å²) in [7, 11) is 0. The number of aliphatic carboxylic acids is 1. The van der Waals surface area contributed by atoms with E-state index in [1.54, 1.807) is 27.7 Å². The van der Waals surface area contributed by atoms with E-state index in [0.717, 1.165) is 0 Å². The fraction of sp³-hybridized carbons (Fsp3) is 0.453. The van der Waals surface area contributed by atoms with Crippen LogP contribution in [0, 0.1) is 11.8 Å². The van der Waals surface area contributed by atoms with E-state index in [1.807, 2.05) is 0 Å². The first-order valence-electron chi connectivity index (χ1n) is 26.0. The molecule has 1 spiro atoms. The summed E-state index contributed by atoms with van der Waals surface area (Å²) in [6.07, 6.45) is 0.133. The Morgan fingerprint density at radius 3 is 1.53 bits per heavy atom. The van der Waals surface area contributed by atoms with Gasteiger partial charge < -0.3 is 90.1 Å². The molecule has 0 aromatic heterocycles. The van der Waals surface area contributed by atoms with Gasteiger partial charge in [-0.05, 0) is 93.7 Å². The minimum absolute atomic E-state index is 0.00356. The van der Waals surface area contributed by atoms with Crippen LogP contribution >= 0.6 is 0 Å². The average Bonchev–Trinajstić information content (AvgIpc) is 3.97. The van der Waals surface area contributed by atoms with Crippen LogP contribution in [0.3, 0.4) is 0 Å². The summed E-state index contributed by atoms with van der Waals surface area (Å²) in [5.74, 6) is -9.10. The topological polar surface area (TPSA) is 466 Å². The molecule has 3 aromatic carbocycles. The van der Waals surface area contributed by atoms with E-state index in [4.69, 9.17) is 37.5 Å². The second-order valence-corrected chi connectivity index (χ2v) is 20.2. The smallest absolute Gasteiger partial charge is 0.340 e. The predicted octanol–water partition coefficient (Wildman–Crippen LogP) is -1.40. The number of fused-ring (bicyclic) bond motifs is 6. The van der Waals surface area contributed by atoms with Crippen LogP contribution < -0.4 is 64.9 Å². The van der Waals surface area contributed by atoms with Crippen molar-refractivity contribution in [1.29, 1.82) is 0 Å². The van der Waals surface area contributed by atoms with Crippen LogP contribution in [-0.4, -0.2) is 148 Å². The molecule has 19 N–H and O–H groups in total. The van der Waals surface area contributed by atoms with Gasteiger partial charge in [-0.3, -0.25) is 48.3 Å². The molecule has 3 aromatic rings. The van der Waals surface area contributed by atoms with Crippen molar-refractivity contribution in [3.05, 3.63) is 82.4 Å². The van der Waals surface area contributed by atoms with Crippen molar-refractivity contribution in [2.75, 3.05) is 26.2 Å². The predicted molar refractivity (Wildman–Crippen MR) is 291 cm³/mol. The molecule has 0 saturated heterocycles. The number of carboxylic acid groups (broad SMARTS) is 1. The monoisotopic (exact) mass is 1130 g/mol. The zero-order valence-electron chi connectivity index (χ0n) is 45.4. The number of guanidine groups is 2. The van der Waals surface area contributed by atoms with E-state index < -0.39 is 108 Å². The molecule has 0 fully saturated rings. The Kier molecular flexibility index (Phi) is 21.7. The third-order valence-corrected chi connectivity index (χ3v) is 12.8. The molecule has 81 heavy (non-hydrogen) atoms. The summed E-state index contributed by atoms with van der Waals surface area (Å²) >= 11 is 0. The number of hydrogen-bond donors (Lipinski definition) is 15. The maximum absolute atomic E-state index is 14.3. The number of phenolic OH excluding ortho intramolecular Hbond substituents is 2. The van der Waals surface area contributed by atoms with E-state index in [1.165, 1.54) is 61.5 Å². The van der Waals surface area contributed by atoms with Gasteiger partial charge in [-0.15, -0.1) is 0 Å². The lowest BCUT2D eigenvalue weighted by Crippen LogP contribution is -2.59. The first-order chi connectivity index (χ1) is 38.2. The number of nitrogens with zero attached hydrogens (tertiary/aromatic N) is 2. The number of aliphatic hydroxyl groups excluding tert-OH is 1. The summed E-state index contributed by atoms with van der Waals surface area (Å²) in [4.78, 5) is 129. The quantitative estimate of drug-likeness (QED) is 0.0172. The Morgan fingerprint density at radius 1 is 0.580 bits per heavy atom. The standard InChI is InChI=1S/C53H71N13O15/c1-25(2)18-37(45(74)60-23-42(70)71)65-49(78)39(24-67)66-43(72)27(5)61-46(75)35(8-6-16-58-51(54)55)62-47(76)36(9-7-17-59-52(56)57)63-48(77)38(19-26(3)4)64-44(73)28-10-13-32-31(20-28)50(79)81-53(32)33-14-11-29(68)21-40(33)80-41-22-30(69)12-15-34(41)53/h10-15,20-22,25-27,35-39,67-69H,6-9,16-19,23-24H2,1-5H3,(H,60,74)(H,61,75)(H,62,76)(H,63,77)(H,64,73)(H,65,78)(H,66,72)(H,70,71)(H4,54,55,58)(H4,56,57,59)/t27-,35-,36-,37-,38-,39-/m0/s1. The van der Waals surface area contributed by atoms with E-state index in [2.05, 4.69) is 47.2 Å². The number of aromatic hydroxyl groups is 2. The molecule has 0 radical (unpaired) electrons. The molecule has 0 bridgehead atoms. The minimum atomic E-state index is -1.63. The van der Waals surface area contributed by atoms with Gasteiger partial charge in [0, 0.05) is 47.5 Å². The number of carbonyl (C=O) groups excluding carboxylic acids is 8. The van der Waals surface area contributed by atoms with Crippen molar-refractivity contribution in [1.82, 2.24) is 37.2 Å². The highest BCUT2D eigenvalue weighted by Gasteiger charge is 2.54. The number of benzene rings is 3. The first-order valence-corrected chi connectivity index (χ1v) is 26.0. The van der Waals surface area contributed by atoms with Crippen LogP contribution in [0.5, 0.6) is 23.0 Å². The van der Waals surface area contributed by atoms with Gasteiger partial charge >= 0.3 is 11.9 Å². The van der Waals surface area contributed by atoms with Crippen molar-refractivity contribution in [3.8, 4) is 23.0 Å². The molecule has 28 heteroatoms. The van der Waals surface area contributed by atoms with E-state index in [9.17, 15) is 58.5 Å². The summed E-state index contributed by atoms with van der Waals surface area (Å²) in [6, 6.07) is 4.40. The highest BCUT2D eigenvalue weighted by atomic mass is 16.6. The molecule has 2 aliphatic heterocycles. The van der Waals surface area contributed by atoms with Gasteiger partial charge in [-0.2, -0.15) is 0 Å². The second kappa shape index (κ2) is 28.1. The maximum Gasteiger partial charge on any atom is 0.340 e. The SMILES string of the molecule is CC(C)C[C@H](NC(=O)c1ccc2c(c1)C(=O)OC21c2ccc(O)cc2Oc2cc(O)ccc21)C(=O)N[C@@H](CCCN=C(N)N)C(=O)N[C@@H](CCCN=C(N)N)C(=O)N[C@@H](C)C(=O)N[C@@H](CO)C(=O)N[C@@H](CC(C)C)C(=O)NCC(=O)O. The van der Waals surface area contributed by atoms with Crippen LogP contribution in [0.15, 0.2) is 64.6 Å². The lowest BCUT2D eigenvalue weighted by Gasteiger charge is -2.36. The number of hydrogen-bond acceptors (Lipinski definition) is 16. The Morgan fingerprint density at radius 2 is 1.04 bits per heavy atom. The van der Waals surface area contributed by atoms with Gasteiger partial charge in [0.15, 0.2) is 17.5 Å². The van der Waals surface area contributed by atoms with E-state index in [0.29, 0.717) is 16.7 Å². The number of amides is 7. The van der Waals surface area contributed by atoms with Gasteiger partial charge in [-0.25, -0.2) is 4.79 Å². The fourth-order valence-electron chi connectivity index (χ4n) is 9.01. The first kappa shape index (κ1) is 62.6. The third kappa shape index (κ3) is 16.7. The van der Waals surface area contributed by atoms with Crippen molar-refractivity contribution in [2.45, 2.75) is 115 Å². The molecule has 0 saturated carbocycles. The number of carbonyl (C=O) groups is 9. The largest absolute Gasteiger partial charge is 0.508 e. The summed E-state index contributed by atoms with van der Waals surface area (Å²) in [5.41, 5.74) is 21.5. The summed E-state index contributed by atoms with van der Waals surface area (Å²) in [6.45, 7) is 6.70. The van der Waals surface area contributed by atoms with Crippen molar-refractivity contribution < 1.29 is 73.1 Å². The molecule has 2 heterocycles. The van der Waals surface area contributed by atoms with Crippen molar-refractivity contribution in [2.24, 2.45) is 44.8 Å². The van der Waals surface area contributed by atoms with Gasteiger partial charge in [-0.1, -0.05) is 33.8 Å². The zero-order chi connectivity index (χ0) is 59.9. The van der Waals surface area contributed by atoms with E-state index in [-0.39, 0.29) is 109 Å².